The summed E-state index contributed by atoms with van der Waals surface area (Å²) in [4.78, 5) is 54.3. The Bertz CT molecular complexity index is 1630. The molecule has 1 aliphatic rings. The molecular weight excluding hydrogens is 520 g/mol. The van der Waals surface area contributed by atoms with Gasteiger partial charge in [0.15, 0.2) is 4.80 Å². The van der Waals surface area contributed by atoms with Gasteiger partial charge in [0, 0.05) is 30.5 Å². The molecule has 0 fully saturated rings. The molecule has 0 amide bonds. The maximum absolute atomic E-state index is 13.7. The zero-order chi connectivity index (χ0) is 26.9. The predicted octanol–water partition coefficient (Wildman–Crippen LogP) is 2.91. The first kappa shape index (κ1) is 26.1. The maximum atomic E-state index is 13.7. The molecule has 37 heavy (non-hydrogen) atoms. The van der Waals surface area contributed by atoms with Crippen molar-refractivity contribution in [1.82, 2.24) is 4.57 Å². The predicted molar refractivity (Wildman–Crippen MR) is 136 cm³/mol. The summed E-state index contributed by atoms with van der Waals surface area (Å²) in [5.41, 5.74) is 1.30. The number of hydrogen-bond acceptors (Lipinski definition) is 9. The van der Waals surface area contributed by atoms with Crippen LogP contribution in [0.2, 0.25) is 5.02 Å². The van der Waals surface area contributed by atoms with Crippen LogP contribution in [0.4, 0.5) is 0 Å². The van der Waals surface area contributed by atoms with E-state index in [0.29, 0.717) is 26.6 Å². The van der Waals surface area contributed by atoms with Crippen LogP contribution in [0, 0.1) is 0 Å². The third kappa shape index (κ3) is 5.40. The molecule has 0 spiro atoms. The third-order valence-electron chi connectivity index (χ3n) is 5.40. The third-order valence-corrected chi connectivity index (χ3v) is 6.63. The van der Waals surface area contributed by atoms with Gasteiger partial charge in [-0.05, 0) is 42.8 Å². The monoisotopic (exact) mass is 540 g/mol. The van der Waals surface area contributed by atoms with Crippen LogP contribution in [0.3, 0.4) is 0 Å². The number of hydrogen-bond donors (Lipinski definition) is 0. The number of rotatable bonds is 5. The second kappa shape index (κ2) is 10.5. The molecule has 0 N–H and O–H groups in total. The highest BCUT2D eigenvalue weighted by Crippen LogP contribution is 2.31. The highest BCUT2D eigenvalue weighted by atomic mass is 35.5. The summed E-state index contributed by atoms with van der Waals surface area (Å²) < 4.78 is 17.1. The summed E-state index contributed by atoms with van der Waals surface area (Å²) in [6, 6.07) is 10.5. The van der Waals surface area contributed by atoms with Gasteiger partial charge in [0.25, 0.3) is 5.56 Å². The second-order valence-electron chi connectivity index (χ2n) is 8.01. The fraction of sp³-hybridized carbons (Fsp3) is 0.192. The minimum absolute atomic E-state index is 0.109. The lowest BCUT2D eigenvalue weighted by Gasteiger charge is -2.24. The van der Waals surface area contributed by atoms with Gasteiger partial charge in [-0.2, -0.15) is 0 Å². The van der Waals surface area contributed by atoms with Gasteiger partial charge in [-0.15, -0.1) is 0 Å². The molecule has 11 heteroatoms. The highest BCUT2D eigenvalue weighted by molar-refractivity contribution is 7.07. The van der Waals surface area contributed by atoms with Gasteiger partial charge in [0.2, 0.25) is 0 Å². The van der Waals surface area contributed by atoms with Crippen molar-refractivity contribution in [3.8, 4) is 11.5 Å². The molecular formula is C26H21ClN2O7S. The van der Waals surface area contributed by atoms with Gasteiger partial charge in [-0.3, -0.25) is 19.0 Å². The number of esters is 3. The number of methoxy groups -OCH3 is 1. The van der Waals surface area contributed by atoms with Crippen molar-refractivity contribution in [3.05, 3.63) is 89.6 Å². The van der Waals surface area contributed by atoms with Gasteiger partial charge >= 0.3 is 17.9 Å². The van der Waals surface area contributed by atoms with Crippen molar-refractivity contribution >= 4 is 46.9 Å². The normalized spacial score (nSPS) is 15.1. The van der Waals surface area contributed by atoms with E-state index in [2.05, 4.69) is 4.99 Å². The summed E-state index contributed by atoms with van der Waals surface area (Å²) in [6.07, 6.45) is 1.55. The number of thiazole rings is 1. The number of nitrogens with zero attached hydrogens (tertiary/aromatic N) is 2. The molecule has 0 radical (unpaired) electrons. The Hall–Kier alpha value is -4.02. The summed E-state index contributed by atoms with van der Waals surface area (Å²) in [7, 11) is 1.27. The Kier molecular flexibility index (Phi) is 7.42. The topological polar surface area (TPSA) is 113 Å². The number of halogens is 1. The molecule has 1 aromatic heterocycles. The van der Waals surface area contributed by atoms with E-state index in [0.717, 1.165) is 11.3 Å². The average molecular weight is 541 g/mol. The fourth-order valence-corrected chi connectivity index (χ4v) is 5.06. The van der Waals surface area contributed by atoms with Crippen LogP contribution in [0.1, 0.15) is 37.9 Å². The standard InChI is InChI=1S/C26H21ClN2O7S/c1-13-22(25(33)34-4)23(16-5-8-18(27)9-6-16)29-24(32)21(37-26(29)28-13)11-17-7-10-19(35-14(2)30)12-20(17)36-15(3)31/h5-12,23H,1-4H3/b21-11+/t23-/m0/s1. The van der Waals surface area contributed by atoms with Crippen molar-refractivity contribution < 1.29 is 28.6 Å². The first-order chi connectivity index (χ1) is 17.6. The number of benzene rings is 2. The largest absolute Gasteiger partial charge is 0.466 e. The molecule has 9 nitrogen and oxygen atoms in total. The quantitative estimate of drug-likeness (QED) is 0.361. The highest BCUT2D eigenvalue weighted by Gasteiger charge is 2.33. The zero-order valence-electron chi connectivity index (χ0n) is 20.2. The average Bonchev–Trinajstić information content (AvgIpc) is 3.13. The lowest BCUT2D eigenvalue weighted by Crippen LogP contribution is -2.39. The lowest BCUT2D eigenvalue weighted by atomic mass is 9.96. The van der Waals surface area contributed by atoms with E-state index in [-0.39, 0.29) is 21.6 Å². The number of aromatic nitrogens is 1. The van der Waals surface area contributed by atoms with Crippen LogP contribution in [-0.2, 0) is 19.1 Å². The Morgan fingerprint density at radius 1 is 1.05 bits per heavy atom. The molecule has 4 rings (SSSR count). The van der Waals surface area contributed by atoms with E-state index in [4.69, 9.17) is 25.8 Å². The van der Waals surface area contributed by atoms with Crippen molar-refractivity contribution in [2.24, 2.45) is 4.99 Å². The van der Waals surface area contributed by atoms with Crippen molar-refractivity contribution in [1.29, 1.82) is 0 Å². The van der Waals surface area contributed by atoms with Crippen LogP contribution >= 0.6 is 22.9 Å². The number of carbonyl (C=O) groups excluding carboxylic acids is 3. The van der Waals surface area contributed by atoms with E-state index in [1.807, 2.05) is 0 Å². The lowest BCUT2D eigenvalue weighted by molar-refractivity contribution is -0.137. The van der Waals surface area contributed by atoms with E-state index in [1.54, 1.807) is 43.3 Å². The smallest absolute Gasteiger partial charge is 0.338 e. The minimum atomic E-state index is -0.789. The molecule has 0 unspecified atom stereocenters. The summed E-state index contributed by atoms with van der Waals surface area (Å²) >= 11 is 7.18. The van der Waals surface area contributed by atoms with Gasteiger partial charge in [-0.1, -0.05) is 35.1 Å². The first-order valence-electron chi connectivity index (χ1n) is 11.0. The molecule has 0 bridgehead atoms. The van der Waals surface area contributed by atoms with Crippen molar-refractivity contribution in [2.75, 3.05) is 7.11 Å². The van der Waals surface area contributed by atoms with Gasteiger partial charge in [0.05, 0.1) is 29.0 Å². The van der Waals surface area contributed by atoms with Crippen molar-refractivity contribution in [2.45, 2.75) is 26.8 Å². The molecule has 3 aromatic rings. The van der Waals surface area contributed by atoms with Crippen LogP contribution in [-0.4, -0.2) is 29.6 Å². The van der Waals surface area contributed by atoms with Crippen molar-refractivity contribution in [3.63, 3.8) is 0 Å². The fourth-order valence-electron chi connectivity index (χ4n) is 3.90. The Balaban J connectivity index is 1.93. The Morgan fingerprint density at radius 3 is 2.35 bits per heavy atom. The SMILES string of the molecule is COC(=O)C1=C(C)N=c2s/c(=C/c3ccc(OC(C)=O)cc3OC(C)=O)c(=O)n2[C@H]1c1ccc(Cl)cc1. The van der Waals surface area contributed by atoms with Gasteiger partial charge in [0.1, 0.15) is 11.5 Å². The molecule has 0 aliphatic carbocycles. The van der Waals surface area contributed by atoms with E-state index in [9.17, 15) is 19.2 Å². The second-order valence-corrected chi connectivity index (χ2v) is 9.46. The van der Waals surface area contributed by atoms with Gasteiger partial charge < -0.3 is 14.2 Å². The molecule has 2 aromatic carbocycles. The summed E-state index contributed by atoms with van der Waals surface area (Å²) in [5, 5.41) is 0.506. The minimum Gasteiger partial charge on any atom is -0.466 e. The maximum Gasteiger partial charge on any atom is 0.338 e. The van der Waals surface area contributed by atoms with E-state index in [1.165, 1.54) is 37.7 Å². The van der Waals surface area contributed by atoms with E-state index >= 15 is 0 Å². The number of allylic oxidation sites excluding steroid dienone is 1. The molecule has 0 saturated heterocycles. The zero-order valence-corrected chi connectivity index (χ0v) is 21.8. The molecule has 0 saturated carbocycles. The summed E-state index contributed by atoms with van der Waals surface area (Å²) in [5.74, 6) is -1.43. The summed E-state index contributed by atoms with van der Waals surface area (Å²) in [6.45, 7) is 4.17. The number of ether oxygens (including phenoxy) is 3. The Morgan fingerprint density at radius 2 is 1.73 bits per heavy atom. The molecule has 1 atom stereocenters. The molecule has 190 valence electrons. The molecule has 1 aliphatic heterocycles. The Labute approximate surface area is 219 Å². The van der Waals surface area contributed by atoms with Gasteiger partial charge in [-0.25, -0.2) is 9.79 Å². The van der Waals surface area contributed by atoms with Crippen LogP contribution in [0.25, 0.3) is 6.08 Å². The first-order valence-corrected chi connectivity index (χ1v) is 12.2. The van der Waals surface area contributed by atoms with Crippen LogP contribution in [0.15, 0.2) is 63.5 Å². The van der Waals surface area contributed by atoms with Crippen LogP contribution < -0.4 is 24.4 Å². The van der Waals surface area contributed by atoms with Crippen LogP contribution in [0.5, 0.6) is 11.5 Å². The molecule has 2 heterocycles. The number of fused-ring (bicyclic) bond motifs is 1. The number of carbonyl (C=O) groups is 3. The van der Waals surface area contributed by atoms with E-state index < -0.39 is 29.5 Å².